The van der Waals surface area contributed by atoms with E-state index >= 15 is 0 Å². The molecule has 2 rings (SSSR count). The summed E-state index contributed by atoms with van der Waals surface area (Å²) < 4.78 is 0. The minimum Gasteiger partial charge on any atom is -0.370 e. The van der Waals surface area contributed by atoms with Gasteiger partial charge in [-0.15, -0.1) is 0 Å². The molecule has 0 heterocycles. The highest BCUT2D eigenvalue weighted by molar-refractivity contribution is 6.42. The third-order valence-corrected chi connectivity index (χ3v) is 4.53. The van der Waals surface area contributed by atoms with Crippen molar-refractivity contribution >= 4 is 29.2 Å². The molecule has 20 heavy (non-hydrogen) atoms. The summed E-state index contributed by atoms with van der Waals surface area (Å²) in [5.41, 5.74) is 7.00. The van der Waals surface area contributed by atoms with E-state index in [2.05, 4.69) is 23.7 Å². The average molecular weight is 314 g/mol. The van der Waals surface area contributed by atoms with Gasteiger partial charge < -0.3 is 10.6 Å². The number of rotatable bonds is 4. The first-order valence-electron chi connectivity index (χ1n) is 6.79. The molecule has 1 saturated carbocycles. The van der Waals surface area contributed by atoms with Crippen LogP contribution < -0.4 is 5.73 Å². The molecule has 0 radical (unpaired) electrons. The molecule has 0 aliphatic heterocycles. The van der Waals surface area contributed by atoms with E-state index in [1.807, 2.05) is 25.2 Å². The van der Waals surface area contributed by atoms with Gasteiger partial charge in [0.15, 0.2) is 5.96 Å². The molecule has 110 valence electrons. The zero-order valence-corrected chi connectivity index (χ0v) is 13.7. The maximum absolute atomic E-state index is 6.08. The Kier molecular flexibility index (Phi) is 4.50. The normalized spacial score (nSPS) is 16.4. The van der Waals surface area contributed by atoms with Crippen LogP contribution in [0.5, 0.6) is 0 Å². The van der Waals surface area contributed by atoms with Gasteiger partial charge in [0.25, 0.3) is 0 Å². The number of halogens is 2. The highest BCUT2D eigenvalue weighted by Crippen LogP contribution is 2.30. The van der Waals surface area contributed by atoms with E-state index in [0.717, 1.165) is 5.56 Å². The lowest BCUT2D eigenvalue weighted by atomic mass is 9.85. The Morgan fingerprint density at radius 3 is 2.55 bits per heavy atom. The predicted molar refractivity (Wildman–Crippen MR) is 86.8 cm³/mol. The first-order chi connectivity index (χ1) is 9.31. The topological polar surface area (TPSA) is 41.6 Å². The summed E-state index contributed by atoms with van der Waals surface area (Å²) in [6.45, 7) is 4.87. The van der Waals surface area contributed by atoms with E-state index in [0.29, 0.717) is 28.6 Å². The van der Waals surface area contributed by atoms with Crippen molar-refractivity contribution in [2.24, 2.45) is 10.7 Å². The molecule has 1 aromatic carbocycles. The fourth-order valence-corrected chi connectivity index (χ4v) is 2.35. The van der Waals surface area contributed by atoms with Gasteiger partial charge in [-0.25, -0.2) is 0 Å². The lowest BCUT2D eigenvalue weighted by molar-refractivity contribution is 0.476. The molecule has 5 heteroatoms. The second kappa shape index (κ2) is 5.82. The zero-order chi connectivity index (χ0) is 14.9. The Balaban J connectivity index is 2.09. The van der Waals surface area contributed by atoms with Gasteiger partial charge in [0.05, 0.1) is 16.6 Å². The van der Waals surface area contributed by atoms with E-state index in [4.69, 9.17) is 28.9 Å². The summed E-state index contributed by atoms with van der Waals surface area (Å²) in [6, 6.07) is 6.29. The van der Waals surface area contributed by atoms with E-state index in [1.165, 1.54) is 12.8 Å². The first kappa shape index (κ1) is 15.5. The number of nitrogens with two attached hydrogens (primary N) is 1. The summed E-state index contributed by atoms with van der Waals surface area (Å²) in [6.07, 6.45) is 2.42. The molecule has 2 N–H and O–H groups in total. The maximum Gasteiger partial charge on any atom is 0.191 e. The van der Waals surface area contributed by atoms with Gasteiger partial charge in [0, 0.05) is 18.5 Å². The van der Waals surface area contributed by atoms with Crippen molar-refractivity contribution in [3.05, 3.63) is 33.8 Å². The Morgan fingerprint density at radius 1 is 1.35 bits per heavy atom. The van der Waals surface area contributed by atoms with Crippen molar-refractivity contribution in [1.82, 2.24) is 4.90 Å². The van der Waals surface area contributed by atoms with Crippen molar-refractivity contribution in [2.75, 3.05) is 13.6 Å². The van der Waals surface area contributed by atoms with Crippen molar-refractivity contribution in [3.63, 3.8) is 0 Å². The number of benzene rings is 1. The number of nitrogens with zero attached hydrogens (tertiary/aromatic N) is 2. The van der Waals surface area contributed by atoms with Crippen LogP contribution in [0.15, 0.2) is 23.2 Å². The van der Waals surface area contributed by atoms with E-state index in [9.17, 15) is 0 Å². The molecule has 0 bridgehead atoms. The summed E-state index contributed by atoms with van der Waals surface area (Å²) in [4.78, 5) is 6.59. The maximum atomic E-state index is 6.08. The van der Waals surface area contributed by atoms with Gasteiger partial charge in [-0.2, -0.15) is 0 Å². The summed E-state index contributed by atoms with van der Waals surface area (Å²) in [7, 11) is 2.00. The van der Waals surface area contributed by atoms with Crippen LogP contribution in [0, 0.1) is 0 Å². The highest BCUT2D eigenvalue weighted by atomic mass is 35.5. The molecule has 3 nitrogen and oxygen atoms in total. The monoisotopic (exact) mass is 313 g/mol. The third kappa shape index (κ3) is 3.58. The molecule has 1 fully saturated rings. The lowest BCUT2D eigenvalue weighted by Gasteiger charge is -2.25. The minimum atomic E-state index is -0.136. The van der Waals surface area contributed by atoms with Gasteiger partial charge in [-0.05, 0) is 30.5 Å². The number of hydrogen-bond donors (Lipinski definition) is 1. The smallest absolute Gasteiger partial charge is 0.191 e. The van der Waals surface area contributed by atoms with Gasteiger partial charge >= 0.3 is 0 Å². The molecule has 0 atom stereocenters. The van der Waals surface area contributed by atoms with E-state index < -0.39 is 0 Å². The SMILES string of the molecule is CN(C(N)=NCC(C)(C)c1ccc(Cl)c(Cl)c1)C1CC1. The number of hydrogen-bond acceptors (Lipinski definition) is 1. The van der Waals surface area contributed by atoms with Crippen molar-refractivity contribution in [2.45, 2.75) is 38.1 Å². The molecule has 1 aliphatic carbocycles. The van der Waals surface area contributed by atoms with Gasteiger partial charge in [-0.1, -0.05) is 43.1 Å². The summed E-state index contributed by atoms with van der Waals surface area (Å²) in [5, 5.41) is 1.15. The molecule has 0 unspecified atom stereocenters. The molecule has 0 spiro atoms. The molecule has 1 aliphatic rings. The standard InChI is InChI=1S/C15H21Cl2N3/c1-15(2,10-4-7-12(16)13(17)8-10)9-19-14(18)20(3)11-5-6-11/h4,7-8,11H,5-6,9H2,1-3H3,(H2,18,19). The van der Waals surface area contributed by atoms with Crippen LogP contribution in [-0.4, -0.2) is 30.5 Å². The van der Waals surface area contributed by atoms with Crippen LogP contribution in [0.3, 0.4) is 0 Å². The second-order valence-electron chi connectivity index (χ2n) is 6.03. The van der Waals surface area contributed by atoms with Crippen LogP contribution in [0.1, 0.15) is 32.3 Å². The predicted octanol–water partition coefficient (Wildman–Crippen LogP) is 3.68. The van der Waals surface area contributed by atoms with Crippen LogP contribution in [0.2, 0.25) is 10.0 Å². The fraction of sp³-hybridized carbons (Fsp3) is 0.533. The Morgan fingerprint density at radius 2 is 2.00 bits per heavy atom. The molecule has 1 aromatic rings. The Bertz CT molecular complexity index is 522. The lowest BCUT2D eigenvalue weighted by Crippen LogP contribution is -2.37. The quantitative estimate of drug-likeness (QED) is 0.680. The van der Waals surface area contributed by atoms with E-state index in [1.54, 1.807) is 0 Å². The summed E-state index contributed by atoms with van der Waals surface area (Å²) in [5.74, 6) is 0.612. The molecular weight excluding hydrogens is 293 g/mol. The number of guanidine groups is 1. The first-order valence-corrected chi connectivity index (χ1v) is 7.55. The van der Waals surface area contributed by atoms with Crippen LogP contribution in [-0.2, 0) is 5.41 Å². The molecule has 0 saturated heterocycles. The number of aliphatic imine (C=N–C) groups is 1. The van der Waals surface area contributed by atoms with Crippen LogP contribution in [0.4, 0.5) is 0 Å². The minimum absolute atomic E-state index is 0.136. The zero-order valence-electron chi connectivity index (χ0n) is 12.2. The van der Waals surface area contributed by atoms with Gasteiger partial charge in [-0.3, -0.25) is 4.99 Å². The van der Waals surface area contributed by atoms with Crippen molar-refractivity contribution < 1.29 is 0 Å². The third-order valence-electron chi connectivity index (χ3n) is 3.79. The van der Waals surface area contributed by atoms with Crippen molar-refractivity contribution in [3.8, 4) is 0 Å². The van der Waals surface area contributed by atoms with Crippen LogP contribution >= 0.6 is 23.2 Å². The summed E-state index contributed by atoms with van der Waals surface area (Å²) >= 11 is 12.0. The van der Waals surface area contributed by atoms with Crippen molar-refractivity contribution in [1.29, 1.82) is 0 Å². The van der Waals surface area contributed by atoms with E-state index in [-0.39, 0.29) is 5.41 Å². The highest BCUT2D eigenvalue weighted by Gasteiger charge is 2.28. The average Bonchev–Trinajstić information content (AvgIpc) is 3.22. The van der Waals surface area contributed by atoms with Gasteiger partial charge in [0.2, 0.25) is 0 Å². The largest absolute Gasteiger partial charge is 0.370 e. The Labute approximate surface area is 130 Å². The molecule has 0 amide bonds. The molecular formula is C15H21Cl2N3. The van der Waals surface area contributed by atoms with Gasteiger partial charge in [0.1, 0.15) is 0 Å². The second-order valence-corrected chi connectivity index (χ2v) is 6.84. The van der Waals surface area contributed by atoms with Crippen LogP contribution in [0.25, 0.3) is 0 Å². The Hall–Kier alpha value is -0.930. The molecule has 0 aromatic heterocycles. The fourth-order valence-electron chi connectivity index (χ4n) is 2.05.